The summed E-state index contributed by atoms with van der Waals surface area (Å²) in [6.45, 7) is 4.20. The van der Waals surface area contributed by atoms with E-state index in [1.165, 1.54) is 32.1 Å². The minimum Gasteiger partial charge on any atom is -0.461 e. The average Bonchev–Trinajstić information content (AvgIpc) is 3.35. The summed E-state index contributed by atoms with van der Waals surface area (Å²) in [5.41, 5.74) is 0. The third-order valence-corrected chi connectivity index (χ3v) is 11.4. The van der Waals surface area contributed by atoms with Crippen LogP contribution in [0.4, 0.5) is 0 Å². The fourth-order valence-electron chi connectivity index (χ4n) is 6.45. The Morgan fingerprint density at radius 2 is 0.786 bits per heavy atom. The van der Waals surface area contributed by atoms with Crippen molar-refractivity contribution in [2.45, 2.75) is 200 Å². The van der Waals surface area contributed by atoms with Gasteiger partial charge in [-0.2, -0.15) is 0 Å². The largest absolute Gasteiger partial charge is 0.472 e. The molecule has 0 amide bonds. The Morgan fingerprint density at radius 1 is 0.429 bits per heavy atom. The molecule has 0 rings (SSSR count). The molecule has 396 valence electrons. The number of ether oxygens (including phenoxy) is 3. The Balaban J connectivity index is 4.94. The Hall–Kier alpha value is -4.12. The van der Waals surface area contributed by atoms with E-state index in [0.717, 1.165) is 96.3 Å². The number of phosphoric ester groups is 1. The summed E-state index contributed by atoms with van der Waals surface area (Å²) in [5.74, 6) is -1.67. The molecule has 11 nitrogen and oxygen atoms in total. The maximum absolute atomic E-state index is 12.8. The number of aliphatic hydroxyl groups excluding tert-OH is 1. The van der Waals surface area contributed by atoms with Crippen LogP contribution >= 0.6 is 7.82 Å². The summed E-state index contributed by atoms with van der Waals surface area (Å²) in [6.07, 6.45) is 62.1. The molecule has 0 bridgehead atoms. The zero-order valence-corrected chi connectivity index (χ0v) is 44.3. The third-order valence-electron chi connectivity index (χ3n) is 10.4. The summed E-state index contributed by atoms with van der Waals surface area (Å²) < 4.78 is 39.2. The average molecular weight is 997 g/mol. The van der Waals surface area contributed by atoms with Gasteiger partial charge in [-0.05, 0) is 89.9 Å². The van der Waals surface area contributed by atoms with Gasteiger partial charge in [-0.1, -0.05) is 200 Å². The first-order valence-electron chi connectivity index (χ1n) is 26.4. The molecular formula is C58H93O11P. The van der Waals surface area contributed by atoms with Crippen molar-refractivity contribution in [3.8, 4) is 0 Å². The van der Waals surface area contributed by atoms with Crippen molar-refractivity contribution >= 4 is 25.7 Å². The second kappa shape index (κ2) is 51.2. The summed E-state index contributed by atoms with van der Waals surface area (Å²) in [4.78, 5) is 48.2. The van der Waals surface area contributed by atoms with Crippen LogP contribution in [0.25, 0.3) is 0 Å². The molecule has 0 fully saturated rings. The van der Waals surface area contributed by atoms with Crippen molar-refractivity contribution in [3.63, 3.8) is 0 Å². The van der Waals surface area contributed by atoms with Crippen molar-refractivity contribution in [3.05, 3.63) is 122 Å². The first-order valence-corrected chi connectivity index (χ1v) is 27.9. The second-order valence-electron chi connectivity index (χ2n) is 16.9. The van der Waals surface area contributed by atoms with E-state index in [0.29, 0.717) is 19.3 Å². The Kier molecular flexibility index (Phi) is 48.2. The minimum atomic E-state index is -4.77. The molecule has 0 saturated heterocycles. The highest BCUT2D eigenvalue weighted by Crippen LogP contribution is 2.43. The van der Waals surface area contributed by atoms with Crippen LogP contribution in [0.1, 0.15) is 188 Å². The zero-order valence-electron chi connectivity index (χ0n) is 43.4. The predicted octanol–water partition coefficient (Wildman–Crippen LogP) is 15.2. The van der Waals surface area contributed by atoms with Gasteiger partial charge in [-0.25, -0.2) is 4.57 Å². The standard InChI is InChI=1S/C58H93O11P/c1-4-7-10-13-16-19-21-23-25-26-27-28-30-32-34-37-40-43-46-49-58(62)69-55(51-65-56(60)47-44-41-38-36-33-31-29-24-22-20-17-14-11-8-5-2)53-67-70(63,64)66-52-54(50-59)68-57(61)48-45-42-39-35-18-15-12-9-6-3/h7-8,10-11,16-17,19-20,23-25,27-29,32-34,36,41,44,54-55,59H,4-6,9,12-15,18,21-22,26,30-31,35,37-40,42-43,45-53H2,1-3H3,(H,63,64)/b10-7-,11-8-,19-16-,20-17-,25-23-,28-27-,29-24-,34-32-,36-33-,44-41-. The van der Waals surface area contributed by atoms with Gasteiger partial charge in [0.15, 0.2) is 6.10 Å². The number of allylic oxidation sites excluding steroid dienone is 19. The Bertz CT molecular complexity index is 1630. The lowest BCUT2D eigenvalue weighted by Crippen LogP contribution is -2.30. The highest BCUT2D eigenvalue weighted by Gasteiger charge is 2.28. The van der Waals surface area contributed by atoms with Gasteiger partial charge in [-0.3, -0.25) is 23.4 Å². The quantitative estimate of drug-likeness (QED) is 0.0197. The van der Waals surface area contributed by atoms with E-state index < -0.39 is 64.4 Å². The van der Waals surface area contributed by atoms with E-state index in [1.54, 1.807) is 6.08 Å². The van der Waals surface area contributed by atoms with Crippen LogP contribution in [-0.4, -0.2) is 66.5 Å². The summed E-state index contributed by atoms with van der Waals surface area (Å²) in [5, 5.41) is 9.75. The number of phosphoric acid groups is 1. The van der Waals surface area contributed by atoms with Crippen LogP contribution in [0.5, 0.6) is 0 Å². The molecule has 0 aromatic carbocycles. The van der Waals surface area contributed by atoms with E-state index in [-0.39, 0.29) is 19.3 Å². The smallest absolute Gasteiger partial charge is 0.461 e. The fraction of sp³-hybridized carbons (Fsp3) is 0.603. The van der Waals surface area contributed by atoms with E-state index in [9.17, 15) is 28.9 Å². The maximum Gasteiger partial charge on any atom is 0.472 e. The monoisotopic (exact) mass is 997 g/mol. The maximum atomic E-state index is 12.8. The number of hydrogen-bond donors (Lipinski definition) is 2. The molecule has 0 aromatic rings. The first kappa shape index (κ1) is 65.9. The summed E-state index contributed by atoms with van der Waals surface area (Å²) in [6, 6.07) is 0. The lowest BCUT2D eigenvalue weighted by molar-refractivity contribution is -0.161. The number of esters is 3. The molecule has 0 aliphatic heterocycles. The van der Waals surface area contributed by atoms with Crippen LogP contribution in [0.15, 0.2) is 122 Å². The Morgan fingerprint density at radius 3 is 1.21 bits per heavy atom. The van der Waals surface area contributed by atoms with Crippen LogP contribution in [0.2, 0.25) is 0 Å². The predicted molar refractivity (Wildman–Crippen MR) is 288 cm³/mol. The van der Waals surface area contributed by atoms with Crippen LogP contribution < -0.4 is 0 Å². The Labute approximate surface area is 424 Å². The molecule has 0 saturated carbocycles. The molecule has 3 atom stereocenters. The van der Waals surface area contributed by atoms with Crippen LogP contribution in [-0.2, 0) is 42.2 Å². The molecule has 0 aliphatic carbocycles. The van der Waals surface area contributed by atoms with Crippen molar-refractivity contribution in [2.75, 3.05) is 26.4 Å². The summed E-state index contributed by atoms with van der Waals surface area (Å²) in [7, 11) is -4.77. The van der Waals surface area contributed by atoms with Gasteiger partial charge >= 0.3 is 25.7 Å². The molecule has 0 heterocycles. The van der Waals surface area contributed by atoms with Crippen LogP contribution in [0, 0.1) is 0 Å². The zero-order chi connectivity index (χ0) is 51.3. The van der Waals surface area contributed by atoms with Gasteiger partial charge < -0.3 is 24.2 Å². The molecule has 70 heavy (non-hydrogen) atoms. The van der Waals surface area contributed by atoms with E-state index in [1.807, 2.05) is 12.2 Å². The number of unbranched alkanes of at least 4 members (excludes halogenated alkanes) is 11. The third kappa shape index (κ3) is 48.9. The molecule has 0 radical (unpaired) electrons. The molecule has 0 spiro atoms. The van der Waals surface area contributed by atoms with Gasteiger partial charge in [0.1, 0.15) is 12.7 Å². The fourth-order valence-corrected chi connectivity index (χ4v) is 7.24. The van der Waals surface area contributed by atoms with Crippen LogP contribution in [0.3, 0.4) is 0 Å². The molecule has 2 N–H and O–H groups in total. The normalized spacial score (nSPS) is 14.4. The van der Waals surface area contributed by atoms with Crippen molar-refractivity contribution < 1.29 is 52.2 Å². The summed E-state index contributed by atoms with van der Waals surface area (Å²) >= 11 is 0. The molecule has 0 aliphatic rings. The second-order valence-corrected chi connectivity index (χ2v) is 18.4. The molecule has 0 aromatic heterocycles. The number of carbonyl (C=O) groups excluding carboxylic acids is 3. The minimum absolute atomic E-state index is 0.0189. The number of hydrogen-bond acceptors (Lipinski definition) is 10. The van der Waals surface area contributed by atoms with Gasteiger partial charge in [0.25, 0.3) is 0 Å². The lowest BCUT2D eigenvalue weighted by atomic mass is 10.1. The number of carbonyl (C=O) groups is 3. The van der Waals surface area contributed by atoms with Crippen molar-refractivity contribution in [1.82, 2.24) is 0 Å². The SMILES string of the molecule is CC/C=C\C/C=C\C/C=C\C/C=C\C/C=C\CCCCCC(=O)OC(COC(=O)C/C=C\C/C=C\C/C=C\C/C=C\C/C=C\CC)COP(=O)(O)OCC(CO)OC(=O)CCCCCCCCCCC. The molecule has 12 heteroatoms. The number of rotatable bonds is 47. The first-order chi connectivity index (χ1) is 34.2. The molecular weight excluding hydrogens is 904 g/mol. The molecule has 3 unspecified atom stereocenters. The van der Waals surface area contributed by atoms with E-state index >= 15 is 0 Å². The van der Waals surface area contributed by atoms with E-state index in [4.69, 9.17) is 23.3 Å². The van der Waals surface area contributed by atoms with Crippen molar-refractivity contribution in [2.24, 2.45) is 0 Å². The number of aliphatic hydroxyl groups is 1. The van der Waals surface area contributed by atoms with Gasteiger partial charge in [-0.15, -0.1) is 0 Å². The highest BCUT2D eigenvalue weighted by molar-refractivity contribution is 7.47. The van der Waals surface area contributed by atoms with Gasteiger partial charge in [0.05, 0.1) is 26.2 Å². The topological polar surface area (TPSA) is 155 Å². The van der Waals surface area contributed by atoms with Gasteiger partial charge in [0.2, 0.25) is 0 Å². The lowest BCUT2D eigenvalue weighted by Gasteiger charge is -2.21. The van der Waals surface area contributed by atoms with E-state index in [2.05, 4.69) is 124 Å². The highest BCUT2D eigenvalue weighted by atomic mass is 31.2. The van der Waals surface area contributed by atoms with Gasteiger partial charge in [0, 0.05) is 12.8 Å². The van der Waals surface area contributed by atoms with Crippen molar-refractivity contribution in [1.29, 1.82) is 0 Å².